The highest BCUT2D eigenvalue weighted by molar-refractivity contribution is 6.20. The zero-order valence-electron chi connectivity index (χ0n) is 65.1. The molecule has 3 heterocycles. The molecular formula is C110H88N4O. The first-order valence-electron chi connectivity index (χ1n) is 41.1. The van der Waals surface area contributed by atoms with E-state index in [0.29, 0.717) is 11.8 Å². The minimum Gasteiger partial charge on any atom is -0.416 e. The van der Waals surface area contributed by atoms with Crippen LogP contribution in [-0.2, 0) is 13.1 Å². The molecule has 16 aromatic carbocycles. The summed E-state index contributed by atoms with van der Waals surface area (Å²) in [4.78, 5) is 0. The molecule has 554 valence electrons. The minimum atomic E-state index is 0.433. The summed E-state index contributed by atoms with van der Waals surface area (Å²) in [7, 11) is 0. The van der Waals surface area contributed by atoms with Gasteiger partial charge in [0.2, 0.25) is 11.8 Å². The molecule has 3 aromatic heterocycles. The Kier molecular flexibility index (Phi) is 20.0. The molecule has 0 aliphatic rings. The topological polar surface area (TPSA) is 48.8 Å². The number of aryl methyl sites for hydroxylation is 2. The number of nitrogens with zero attached hydrogens (tertiary/aromatic N) is 4. The zero-order chi connectivity index (χ0) is 77.0. The van der Waals surface area contributed by atoms with Crippen LogP contribution in [0.1, 0.15) is 65.2 Å². The maximum atomic E-state index is 6.96. The monoisotopic (exact) mass is 1480 g/mol. The molecule has 0 N–H and O–H groups in total. The van der Waals surface area contributed by atoms with E-state index in [1.807, 2.05) is 0 Å². The average Bonchev–Trinajstić information content (AvgIpc) is 1.20. The highest BCUT2D eigenvalue weighted by Crippen LogP contribution is 2.59. The Balaban J connectivity index is 0.795. The Labute approximate surface area is 673 Å². The number of aromatic nitrogens is 4. The molecule has 0 radical (unpaired) electrons. The van der Waals surface area contributed by atoms with Gasteiger partial charge in [0.15, 0.2) is 0 Å². The van der Waals surface area contributed by atoms with Crippen LogP contribution in [0.15, 0.2) is 381 Å². The number of rotatable bonds is 24. The van der Waals surface area contributed by atoms with Crippen molar-refractivity contribution in [1.82, 2.24) is 19.3 Å². The lowest BCUT2D eigenvalue weighted by atomic mass is 9.74. The first kappa shape index (κ1) is 71.6. The SMILES string of the molecule is CCCCCCn1c2ccccc2c2cc(-c3c(-c4ccccc4)c(-c4ccccc4)c(-c4ccccc4)c(-c4ccccc4)c3-c3ccc(-c4nnc(-c5ccc(-c6c(-c7ccccc7)c(-c7ccccc7)c(-c7ccccc7)c(-c7ccccc7)c6-c6ccc7c(c6)c6ccccc6n7CCCCCC)cc5)o4)cc3)ccc21. The first-order valence-corrected chi connectivity index (χ1v) is 41.1. The van der Waals surface area contributed by atoms with E-state index in [4.69, 9.17) is 14.6 Å². The fourth-order valence-corrected chi connectivity index (χ4v) is 18.1. The second kappa shape index (κ2) is 32.2. The van der Waals surface area contributed by atoms with Crippen molar-refractivity contribution < 1.29 is 4.42 Å². The summed E-state index contributed by atoms with van der Waals surface area (Å²) in [6.07, 6.45) is 9.52. The van der Waals surface area contributed by atoms with Crippen LogP contribution in [-0.4, -0.2) is 19.3 Å². The minimum absolute atomic E-state index is 0.433. The molecule has 115 heavy (non-hydrogen) atoms. The average molecular weight is 1480 g/mol. The lowest BCUT2D eigenvalue weighted by Gasteiger charge is -2.29. The second-order valence-electron chi connectivity index (χ2n) is 30.4. The van der Waals surface area contributed by atoms with Crippen LogP contribution in [0.2, 0.25) is 0 Å². The number of unbranched alkanes of at least 4 members (excludes halogenated alkanes) is 6. The highest BCUT2D eigenvalue weighted by Gasteiger charge is 2.33. The maximum Gasteiger partial charge on any atom is 0.248 e. The molecule has 19 aromatic rings. The van der Waals surface area contributed by atoms with Crippen molar-refractivity contribution in [3.63, 3.8) is 0 Å². The number of hydrogen-bond acceptors (Lipinski definition) is 3. The van der Waals surface area contributed by atoms with Crippen molar-refractivity contribution in [2.45, 2.75) is 78.3 Å². The van der Waals surface area contributed by atoms with E-state index in [9.17, 15) is 0 Å². The summed E-state index contributed by atoms with van der Waals surface area (Å²) in [5.41, 5.74) is 34.0. The summed E-state index contributed by atoms with van der Waals surface area (Å²) in [5.74, 6) is 0.866. The van der Waals surface area contributed by atoms with Gasteiger partial charge in [0.05, 0.1) is 0 Å². The van der Waals surface area contributed by atoms with E-state index in [2.05, 4.69) is 399 Å². The van der Waals surface area contributed by atoms with E-state index in [0.717, 1.165) is 148 Å². The summed E-state index contributed by atoms with van der Waals surface area (Å²) < 4.78 is 12.1. The molecule has 0 saturated carbocycles. The van der Waals surface area contributed by atoms with Crippen molar-refractivity contribution in [1.29, 1.82) is 0 Å². The van der Waals surface area contributed by atoms with E-state index in [-0.39, 0.29) is 0 Å². The molecule has 5 nitrogen and oxygen atoms in total. The largest absolute Gasteiger partial charge is 0.416 e. The number of benzene rings is 16. The molecule has 0 aliphatic carbocycles. The molecule has 0 fully saturated rings. The lowest BCUT2D eigenvalue weighted by molar-refractivity contribution is 0.584. The quantitative estimate of drug-likeness (QED) is 0.0567. The van der Waals surface area contributed by atoms with Crippen LogP contribution < -0.4 is 0 Å². The zero-order valence-corrected chi connectivity index (χ0v) is 65.1. The third-order valence-electron chi connectivity index (χ3n) is 23.4. The van der Waals surface area contributed by atoms with Gasteiger partial charge < -0.3 is 13.6 Å². The van der Waals surface area contributed by atoms with Gasteiger partial charge in [-0.15, -0.1) is 10.2 Å². The Morgan fingerprint density at radius 2 is 0.400 bits per heavy atom. The summed E-state index contributed by atoms with van der Waals surface area (Å²) in [5, 5.41) is 14.8. The molecule has 0 unspecified atom stereocenters. The van der Waals surface area contributed by atoms with Crippen molar-refractivity contribution in [2.24, 2.45) is 0 Å². The summed E-state index contributed by atoms with van der Waals surface area (Å²) in [6.45, 7) is 6.51. The van der Waals surface area contributed by atoms with Crippen molar-refractivity contribution in [3.05, 3.63) is 376 Å². The second-order valence-corrected chi connectivity index (χ2v) is 30.4. The van der Waals surface area contributed by atoms with Crippen LogP contribution in [0.3, 0.4) is 0 Å². The van der Waals surface area contributed by atoms with E-state index >= 15 is 0 Å². The van der Waals surface area contributed by atoms with Gasteiger partial charge in [0.25, 0.3) is 0 Å². The van der Waals surface area contributed by atoms with Crippen LogP contribution in [0.25, 0.3) is 200 Å². The predicted molar refractivity (Wildman–Crippen MR) is 485 cm³/mol. The van der Waals surface area contributed by atoms with Gasteiger partial charge >= 0.3 is 0 Å². The van der Waals surface area contributed by atoms with Crippen molar-refractivity contribution in [2.75, 3.05) is 0 Å². The molecular weight excluding hydrogens is 1390 g/mol. The standard InChI is InChI=1S/C110H88N4O/c1-3-5-7-37-71-113-93-57-35-33-55-89(93)91-73-87(67-69-95(91)113)107-103(81-51-29-15-30-52-81)99(77-43-21-11-22-44-77)97(75-39-17-9-18-40-75)101(79-47-25-13-26-48-79)105(107)83-59-63-85(64-60-83)109-111-112-110(115-109)86-65-61-84(62-66-86)106-102(80-49-27-14-28-50-80)98(76-41-19-10-20-42-76)100(78-45-23-12-24-46-78)104(82-53-31-16-32-54-82)108(106)88-68-70-96-92(74-88)90-56-34-36-58-94(90)114(96)72-38-8-6-4-2/h9-36,39-70,73-74H,3-8,37-38,71-72H2,1-2H3. The van der Waals surface area contributed by atoms with Crippen LogP contribution in [0, 0.1) is 0 Å². The van der Waals surface area contributed by atoms with Gasteiger partial charge in [0.1, 0.15) is 0 Å². The highest BCUT2D eigenvalue weighted by atomic mass is 16.4. The van der Waals surface area contributed by atoms with Gasteiger partial charge in [-0.25, -0.2) is 0 Å². The Hall–Kier alpha value is -13.7. The molecule has 5 heteroatoms. The maximum absolute atomic E-state index is 6.96. The molecule has 0 aliphatic heterocycles. The molecule has 0 spiro atoms. The van der Waals surface area contributed by atoms with Crippen molar-refractivity contribution >= 4 is 43.6 Å². The first-order chi connectivity index (χ1) is 57.1. The summed E-state index contributed by atoms with van der Waals surface area (Å²) in [6, 6.07) is 139. The Bertz CT molecular complexity index is 6240. The Morgan fingerprint density at radius 3 is 0.661 bits per heavy atom. The third-order valence-corrected chi connectivity index (χ3v) is 23.4. The fourth-order valence-electron chi connectivity index (χ4n) is 18.1. The predicted octanol–water partition coefficient (Wildman–Crippen LogP) is 30.8. The van der Waals surface area contributed by atoms with Gasteiger partial charge in [-0.2, -0.15) is 0 Å². The third kappa shape index (κ3) is 13.6. The van der Waals surface area contributed by atoms with E-state index in [1.54, 1.807) is 0 Å². The normalized spacial score (nSPS) is 11.6. The Morgan fingerprint density at radius 1 is 0.191 bits per heavy atom. The fraction of sp³-hybridized carbons (Fsp3) is 0.109. The van der Waals surface area contributed by atoms with Crippen LogP contribution in [0.4, 0.5) is 0 Å². The van der Waals surface area contributed by atoms with Gasteiger partial charge in [-0.3, -0.25) is 0 Å². The number of hydrogen-bond donors (Lipinski definition) is 0. The molecule has 19 rings (SSSR count). The smallest absolute Gasteiger partial charge is 0.248 e. The number of fused-ring (bicyclic) bond motifs is 6. The van der Waals surface area contributed by atoms with Crippen LogP contribution >= 0.6 is 0 Å². The molecule has 0 amide bonds. The van der Waals surface area contributed by atoms with Crippen LogP contribution in [0.5, 0.6) is 0 Å². The molecule has 0 bridgehead atoms. The lowest BCUT2D eigenvalue weighted by Crippen LogP contribution is -2.02. The molecule has 0 saturated heterocycles. The summed E-state index contributed by atoms with van der Waals surface area (Å²) >= 11 is 0. The van der Waals surface area contributed by atoms with Gasteiger partial charge in [0, 0.05) is 67.8 Å². The molecule has 0 atom stereocenters. The van der Waals surface area contributed by atoms with Crippen molar-refractivity contribution in [3.8, 4) is 156 Å². The van der Waals surface area contributed by atoms with E-state index < -0.39 is 0 Å². The van der Waals surface area contributed by atoms with E-state index in [1.165, 1.54) is 104 Å². The number of para-hydroxylation sites is 2. The van der Waals surface area contributed by atoms with Gasteiger partial charge in [-0.05, 0) is 207 Å². The van der Waals surface area contributed by atoms with Gasteiger partial charge in [-0.1, -0.05) is 368 Å².